The lowest BCUT2D eigenvalue weighted by Crippen LogP contribution is -2.12. The first-order chi connectivity index (χ1) is 28.8. The number of aromatic amines is 3. The number of H-pyrrole nitrogens is 3. The Balaban J connectivity index is 1.30. The average molecular weight is 741 g/mol. The molecule has 0 saturated carbocycles. The van der Waals surface area contributed by atoms with E-state index in [4.69, 9.17) is 0 Å². The van der Waals surface area contributed by atoms with Crippen molar-refractivity contribution < 1.29 is 0 Å². The summed E-state index contributed by atoms with van der Waals surface area (Å²) in [5, 5.41) is 7.25. The molecule has 3 heterocycles. The van der Waals surface area contributed by atoms with Crippen LogP contribution in [-0.2, 0) is 0 Å². The van der Waals surface area contributed by atoms with Crippen molar-refractivity contribution in [2.24, 2.45) is 0 Å². The van der Waals surface area contributed by atoms with Crippen LogP contribution in [0.1, 0.15) is 0 Å². The van der Waals surface area contributed by atoms with Crippen molar-refractivity contribution in [3.05, 3.63) is 200 Å². The lowest BCUT2D eigenvalue weighted by molar-refractivity contribution is 1.28. The van der Waals surface area contributed by atoms with Gasteiger partial charge in [0.2, 0.25) is 0 Å². The van der Waals surface area contributed by atoms with E-state index in [1.54, 1.807) is 0 Å². The summed E-state index contributed by atoms with van der Waals surface area (Å²) in [6, 6.07) is 72.3. The SMILES string of the molecule is c1ccc(N(c2ccccc2)c2ccc(-c3cccc4c3[nH]c3ccccc34)c(-c3cccc4c3[nH]c3ccccc34)c2-c2cccc3c2[nH]c2ccccc23)cc1. The summed E-state index contributed by atoms with van der Waals surface area (Å²) in [5.41, 5.74) is 16.8. The van der Waals surface area contributed by atoms with Gasteiger partial charge < -0.3 is 19.9 Å². The number of nitrogens with one attached hydrogen (secondary N) is 3. The Morgan fingerprint density at radius 3 is 1.12 bits per heavy atom. The third-order valence-corrected chi connectivity index (χ3v) is 11.9. The molecule has 0 saturated heterocycles. The Morgan fingerprint density at radius 2 is 0.638 bits per heavy atom. The Morgan fingerprint density at radius 1 is 0.259 bits per heavy atom. The quantitative estimate of drug-likeness (QED) is 0.156. The van der Waals surface area contributed by atoms with E-state index in [2.05, 4.69) is 220 Å². The van der Waals surface area contributed by atoms with Gasteiger partial charge >= 0.3 is 0 Å². The van der Waals surface area contributed by atoms with Crippen LogP contribution in [0.4, 0.5) is 17.1 Å². The molecule has 3 aromatic heterocycles. The van der Waals surface area contributed by atoms with Gasteiger partial charge in [0.05, 0.1) is 22.2 Å². The molecule has 12 rings (SSSR count). The normalized spacial score (nSPS) is 11.8. The molecule has 0 radical (unpaired) electrons. The van der Waals surface area contributed by atoms with E-state index < -0.39 is 0 Å². The number of rotatable bonds is 6. The number of para-hydroxylation sites is 8. The molecule has 0 spiro atoms. The molecule has 3 N–H and O–H groups in total. The summed E-state index contributed by atoms with van der Waals surface area (Å²) in [7, 11) is 0. The Hall–Kier alpha value is -7.82. The van der Waals surface area contributed by atoms with Crippen LogP contribution >= 0.6 is 0 Å². The second-order valence-corrected chi connectivity index (χ2v) is 15.1. The van der Waals surface area contributed by atoms with Crippen LogP contribution in [-0.4, -0.2) is 15.0 Å². The minimum atomic E-state index is 1.08. The highest BCUT2D eigenvalue weighted by Crippen LogP contribution is 2.53. The zero-order chi connectivity index (χ0) is 38.2. The van der Waals surface area contributed by atoms with E-state index in [9.17, 15) is 0 Å². The standard InChI is InChI=1S/C54H36N4/c1-3-16-34(17-4-1)58(35-18-5-2-6-19-35)49-33-32-39(43-26-13-23-40-36-20-7-10-29-46(36)55-52(40)43)50(44-27-14-24-41-37-21-8-11-30-47(37)56-53(41)44)51(49)45-28-15-25-42-38-22-9-12-31-48(38)57-54(42)45/h1-33,55-57H. The smallest absolute Gasteiger partial charge is 0.0547 e. The number of nitrogens with zero attached hydrogens (tertiary/aromatic N) is 1. The van der Waals surface area contributed by atoms with Gasteiger partial charge in [0.1, 0.15) is 0 Å². The highest BCUT2D eigenvalue weighted by molar-refractivity contribution is 6.21. The van der Waals surface area contributed by atoms with Gasteiger partial charge in [0.15, 0.2) is 0 Å². The maximum absolute atomic E-state index is 3.90. The summed E-state index contributed by atoms with van der Waals surface area (Å²) >= 11 is 0. The van der Waals surface area contributed by atoms with E-state index in [1.165, 1.54) is 32.3 Å². The van der Waals surface area contributed by atoms with Gasteiger partial charge in [-0.2, -0.15) is 0 Å². The van der Waals surface area contributed by atoms with Gasteiger partial charge in [-0.15, -0.1) is 0 Å². The van der Waals surface area contributed by atoms with Gasteiger partial charge in [0, 0.05) is 88.1 Å². The Labute approximate surface area is 334 Å². The molecule has 0 fully saturated rings. The molecule has 272 valence electrons. The molecule has 0 aliphatic carbocycles. The van der Waals surface area contributed by atoms with Crippen molar-refractivity contribution in [1.29, 1.82) is 0 Å². The fourth-order valence-electron chi connectivity index (χ4n) is 9.40. The van der Waals surface area contributed by atoms with Crippen molar-refractivity contribution in [3.63, 3.8) is 0 Å². The van der Waals surface area contributed by atoms with Crippen molar-refractivity contribution in [2.75, 3.05) is 4.90 Å². The van der Waals surface area contributed by atoms with Crippen molar-refractivity contribution in [3.8, 4) is 33.4 Å². The second kappa shape index (κ2) is 12.9. The first-order valence-corrected chi connectivity index (χ1v) is 19.9. The van der Waals surface area contributed by atoms with Crippen molar-refractivity contribution in [1.82, 2.24) is 15.0 Å². The minimum Gasteiger partial charge on any atom is -0.354 e. The second-order valence-electron chi connectivity index (χ2n) is 15.1. The number of hydrogen-bond acceptors (Lipinski definition) is 1. The molecule has 0 atom stereocenters. The highest BCUT2D eigenvalue weighted by Gasteiger charge is 2.27. The topological polar surface area (TPSA) is 50.6 Å². The monoisotopic (exact) mass is 740 g/mol. The fraction of sp³-hybridized carbons (Fsp3) is 0. The number of fused-ring (bicyclic) bond motifs is 9. The summed E-state index contributed by atoms with van der Waals surface area (Å²) in [4.78, 5) is 14.1. The van der Waals surface area contributed by atoms with Gasteiger partial charge in [-0.1, -0.05) is 152 Å². The number of benzene rings is 9. The van der Waals surface area contributed by atoms with Crippen molar-refractivity contribution >= 4 is 82.5 Å². The summed E-state index contributed by atoms with van der Waals surface area (Å²) in [5.74, 6) is 0. The third-order valence-electron chi connectivity index (χ3n) is 11.9. The largest absolute Gasteiger partial charge is 0.354 e. The van der Waals surface area contributed by atoms with E-state index in [-0.39, 0.29) is 0 Å². The minimum absolute atomic E-state index is 1.08. The number of aromatic nitrogens is 3. The third kappa shape index (κ3) is 4.88. The van der Waals surface area contributed by atoms with Crippen LogP contribution in [0.3, 0.4) is 0 Å². The van der Waals surface area contributed by atoms with Crippen LogP contribution in [0.25, 0.3) is 98.8 Å². The molecule has 58 heavy (non-hydrogen) atoms. The van der Waals surface area contributed by atoms with Crippen LogP contribution in [0.2, 0.25) is 0 Å². The zero-order valence-electron chi connectivity index (χ0n) is 31.5. The first kappa shape index (κ1) is 32.4. The summed E-state index contributed by atoms with van der Waals surface area (Å²) in [6.07, 6.45) is 0. The molecule has 0 aliphatic heterocycles. The van der Waals surface area contributed by atoms with Gasteiger partial charge in [-0.25, -0.2) is 0 Å². The molecule has 0 amide bonds. The molecular formula is C54H36N4. The van der Waals surface area contributed by atoms with Crippen LogP contribution in [0.5, 0.6) is 0 Å². The molecule has 4 heteroatoms. The van der Waals surface area contributed by atoms with E-state index in [0.717, 1.165) is 83.5 Å². The molecule has 0 unspecified atom stereocenters. The predicted molar refractivity (Wildman–Crippen MR) is 246 cm³/mol. The molecule has 4 nitrogen and oxygen atoms in total. The summed E-state index contributed by atoms with van der Waals surface area (Å²) in [6.45, 7) is 0. The van der Waals surface area contributed by atoms with Gasteiger partial charge in [0.25, 0.3) is 0 Å². The lowest BCUT2D eigenvalue weighted by Gasteiger charge is -2.30. The maximum atomic E-state index is 3.90. The molecule has 12 aromatic rings. The maximum Gasteiger partial charge on any atom is 0.0547 e. The average Bonchev–Trinajstić information content (AvgIpc) is 3.99. The predicted octanol–water partition coefficient (Wildman–Crippen LogP) is 15.1. The number of anilines is 3. The van der Waals surface area contributed by atoms with E-state index >= 15 is 0 Å². The summed E-state index contributed by atoms with van der Waals surface area (Å²) < 4.78 is 0. The van der Waals surface area contributed by atoms with Gasteiger partial charge in [-0.3, -0.25) is 0 Å². The zero-order valence-corrected chi connectivity index (χ0v) is 31.5. The lowest BCUT2D eigenvalue weighted by atomic mass is 9.84. The van der Waals surface area contributed by atoms with Crippen LogP contribution < -0.4 is 4.90 Å². The Bertz CT molecular complexity index is 3480. The molecule has 9 aromatic carbocycles. The fourth-order valence-corrected chi connectivity index (χ4v) is 9.40. The van der Waals surface area contributed by atoms with E-state index in [0.29, 0.717) is 0 Å². The molecule has 0 bridgehead atoms. The Kier molecular flexibility index (Phi) is 7.20. The highest BCUT2D eigenvalue weighted by atomic mass is 15.1. The van der Waals surface area contributed by atoms with Crippen LogP contribution in [0.15, 0.2) is 200 Å². The van der Waals surface area contributed by atoms with Gasteiger partial charge in [-0.05, 0) is 54.1 Å². The van der Waals surface area contributed by atoms with E-state index in [1.807, 2.05) is 0 Å². The van der Waals surface area contributed by atoms with Crippen LogP contribution in [0, 0.1) is 0 Å². The molecular weight excluding hydrogens is 705 g/mol. The first-order valence-electron chi connectivity index (χ1n) is 19.9. The van der Waals surface area contributed by atoms with Crippen molar-refractivity contribution in [2.45, 2.75) is 0 Å². The number of hydrogen-bond donors (Lipinski definition) is 3. The molecule has 0 aliphatic rings.